The molecule has 2 aliphatic rings. The molecule has 2 aliphatic carbocycles. The summed E-state index contributed by atoms with van der Waals surface area (Å²) in [6, 6.07) is 22.0. The predicted octanol–water partition coefficient (Wildman–Crippen LogP) is 7.34. The minimum absolute atomic E-state index is 0.0160. The first-order chi connectivity index (χ1) is 15.6. The summed E-state index contributed by atoms with van der Waals surface area (Å²) in [6.07, 6.45) is 7.21. The highest BCUT2D eigenvalue weighted by atomic mass is 16.5. The monoisotopic (exact) mass is 428 g/mol. The fraction of sp³-hybridized carbons (Fsp3) is 0.400. The molecule has 0 amide bonds. The van der Waals surface area contributed by atoms with E-state index in [1.165, 1.54) is 33.4 Å². The van der Waals surface area contributed by atoms with Gasteiger partial charge in [-0.25, -0.2) is 0 Å². The molecule has 168 valence electrons. The minimum Gasteiger partial charge on any atom is -0.384 e. The van der Waals surface area contributed by atoms with Crippen molar-refractivity contribution in [2.45, 2.75) is 39.0 Å². The summed E-state index contributed by atoms with van der Waals surface area (Å²) in [5.41, 5.74) is 8.78. The van der Waals surface area contributed by atoms with Gasteiger partial charge in [-0.3, -0.25) is 0 Å². The molecule has 1 fully saturated rings. The van der Waals surface area contributed by atoms with Crippen LogP contribution in [-0.4, -0.2) is 27.4 Å². The lowest BCUT2D eigenvalue weighted by Gasteiger charge is -2.40. The fourth-order valence-corrected chi connectivity index (χ4v) is 6.04. The third kappa shape index (κ3) is 4.27. The lowest BCUT2D eigenvalue weighted by molar-refractivity contribution is 0.0190. The van der Waals surface area contributed by atoms with Gasteiger partial charge in [0.25, 0.3) is 0 Å². The quantitative estimate of drug-likeness (QED) is 0.389. The van der Waals surface area contributed by atoms with Crippen LogP contribution in [0.3, 0.4) is 0 Å². The van der Waals surface area contributed by atoms with Crippen molar-refractivity contribution in [3.63, 3.8) is 0 Å². The molecular weight excluding hydrogens is 392 g/mol. The second-order valence-corrected chi connectivity index (χ2v) is 9.83. The van der Waals surface area contributed by atoms with Crippen molar-refractivity contribution < 1.29 is 9.47 Å². The van der Waals surface area contributed by atoms with Crippen molar-refractivity contribution in [3.8, 4) is 0 Å². The third-order valence-electron chi connectivity index (χ3n) is 7.29. The Morgan fingerprint density at radius 1 is 0.781 bits per heavy atom. The summed E-state index contributed by atoms with van der Waals surface area (Å²) in [6.45, 7) is 7.90. The van der Waals surface area contributed by atoms with Crippen LogP contribution in [0.2, 0.25) is 0 Å². The summed E-state index contributed by atoms with van der Waals surface area (Å²) in [5, 5.41) is 0. The number of benzene rings is 2. The Morgan fingerprint density at radius 3 is 1.91 bits per heavy atom. The normalized spacial score (nSPS) is 22.2. The molecule has 1 saturated carbocycles. The lowest BCUT2D eigenvalue weighted by Crippen LogP contribution is -2.28. The average molecular weight is 429 g/mol. The Labute approximate surface area is 193 Å². The van der Waals surface area contributed by atoms with Crippen LogP contribution in [0.15, 0.2) is 84.5 Å². The van der Waals surface area contributed by atoms with Crippen LogP contribution >= 0.6 is 0 Å². The van der Waals surface area contributed by atoms with Crippen molar-refractivity contribution in [2.75, 3.05) is 27.4 Å². The van der Waals surface area contributed by atoms with Crippen LogP contribution in [0.1, 0.15) is 50.2 Å². The molecule has 0 N–H and O–H groups in total. The molecule has 2 heteroatoms. The largest absolute Gasteiger partial charge is 0.384 e. The summed E-state index contributed by atoms with van der Waals surface area (Å²) in [4.78, 5) is 0. The van der Waals surface area contributed by atoms with Crippen LogP contribution in [0.5, 0.6) is 0 Å². The van der Waals surface area contributed by atoms with Crippen LogP contribution in [0, 0.1) is 10.8 Å². The Morgan fingerprint density at radius 2 is 1.34 bits per heavy atom. The van der Waals surface area contributed by atoms with E-state index in [2.05, 4.69) is 80.2 Å². The van der Waals surface area contributed by atoms with Gasteiger partial charge in [0.2, 0.25) is 0 Å². The van der Waals surface area contributed by atoms with E-state index in [0.717, 1.165) is 32.1 Å². The van der Waals surface area contributed by atoms with E-state index in [0.29, 0.717) is 13.2 Å². The molecule has 4 rings (SSSR count). The summed E-state index contributed by atoms with van der Waals surface area (Å²) in [7, 11) is 3.62. The lowest BCUT2D eigenvalue weighted by atomic mass is 9.64. The number of fused-ring (bicyclic) bond motifs is 1. The van der Waals surface area contributed by atoms with E-state index >= 15 is 0 Å². The van der Waals surface area contributed by atoms with Crippen LogP contribution in [0.4, 0.5) is 0 Å². The number of rotatable bonds is 9. The maximum Gasteiger partial charge on any atom is 0.0547 e. The first-order valence-electron chi connectivity index (χ1n) is 11.7. The van der Waals surface area contributed by atoms with Gasteiger partial charge in [-0.1, -0.05) is 73.7 Å². The maximum atomic E-state index is 5.75. The van der Waals surface area contributed by atoms with E-state index in [1.807, 2.05) is 14.2 Å². The minimum atomic E-state index is -0.0160. The van der Waals surface area contributed by atoms with E-state index in [4.69, 9.17) is 9.47 Å². The smallest absolute Gasteiger partial charge is 0.0547 e. The van der Waals surface area contributed by atoms with Gasteiger partial charge in [-0.2, -0.15) is 0 Å². The predicted molar refractivity (Wildman–Crippen MR) is 134 cm³/mol. The summed E-state index contributed by atoms with van der Waals surface area (Å²) < 4.78 is 11.5. The van der Waals surface area contributed by atoms with E-state index in [1.54, 1.807) is 0 Å². The molecule has 0 aliphatic heterocycles. The number of ether oxygens (including phenoxy) is 2. The Hall–Kier alpha value is -2.42. The highest BCUT2D eigenvalue weighted by molar-refractivity contribution is 5.88. The molecule has 2 aromatic rings. The molecule has 1 atom stereocenters. The van der Waals surface area contributed by atoms with Gasteiger partial charge in [0, 0.05) is 19.6 Å². The number of allylic oxidation sites excluding steroid dienone is 5. The Kier molecular flexibility index (Phi) is 6.83. The van der Waals surface area contributed by atoms with Gasteiger partial charge in [0.1, 0.15) is 0 Å². The van der Waals surface area contributed by atoms with Gasteiger partial charge >= 0.3 is 0 Å². The van der Waals surface area contributed by atoms with Crippen molar-refractivity contribution in [1.82, 2.24) is 0 Å². The molecule has 32 heavy (non-hydrogen) atoms. The van der Waals surface area contributed by atoms with Crippen LogP contribution in [0.25, 0.3) is 11.1 Å². The second kappa shape index (κ2) is 9.60. The molecule has 1 unspecified atom stereocenters. The average Bonchev–Trinajstić information content (AvgIpc) is 3.17. The zero-order valence-electron chi connectivity index (χ0n) is 19.8. The SMILES string of the molecule is C=CCCC1(C)CC(c2ccccc2)=C2CC(COC)(COC)CC2=C1c1ccccc1. The van der Waals surface area contributed by atoms with Crippen molar-refractivity contribution in [3.05, 3.63) is 95.6 Å². The molecule has 0 radical (unpaired) electrons. The van der Waals surface area contributed by atoms with Gasteiger partial charge < -0.3 is 9.47 Å². The molecule has 0 saturated heterocycles. The third-order valence-corrected chi connectivity index (χ3v) is 7.29. The zero-order valence-corrected chi connectivity index (χ0v) is 19.8. The maximum absolute atomic E-state index is 5.75. The molecule has 0 aromatic heterocycles. The first kappa shape index (κ1) is 22.8. The molecule has 0 bridgehead atoms. The van der Waals surface area contributed by atoms with Crippen LogP contribution in [-0.2, 0) is 9.47 Å². The summed E-state index contributed by atoms with van der Waals surface area (Å²) >= 11 is 0. The Bertz CT molecular complexity index is 994. The molecular formula is C30H36O2. The van der Waals surface area contributed by atoms with E-state index in [9.17, 15) is 0 Å². The van der Waals surface area contributed by atoms with Gasteiger partial charge in [0.15, 0.2) is 0 Å². The standard InChI is InChI=1S/C30H36O2/c1-5-6-17-29(2)18-25(23-13-9-7-10-14-23)26-19-30(21-31-3,22-32-4)20-27(26)28(29)24-15-11-8-12-16-24/h5,7-16H,1,6,17-22H2,2-4H3. The number of hydrogen-bond acceptors (Lipinski definition) is 2. The fourth-order valence-electron chi connectivity index (χ4n) is 6.04. The van der Waals surface area contributed by atoms with E-state index < -0.39 is 0 Å². The van der Waals surface area contributed by atoms with Crippen molar-refractivity contribution >= 4 is 11.1 Å². The van der Waals surface area contributed by atoms with Gasteiger partial charge in [-0.15, -0.1) is 6.58 Å². The molecule has 2 nitrogen and oxygen atoms in total. The van der Waals surface area contributed by atoms with Gasteiger partial charge in [-0.05, 0) is 70.9 Å². The molecule has 0 spiro atoms. The second-order valence-electron chi connectivity index (χ2n) is 9.83. The highest BCUT2D eigenvalue weighted by Crippen LogP contribution is 2.60. The van der Waals surface area contributed by atoms with Crippen LogP contribution < -0.4 is 0 Å². The first-order valence-corrected chi connectivity index (χ1v) is 11.7. The number of methoxy groups -OCH3 is 2. The van der Waals surface area contributed by atoms with Crippen molar-refractivity contribution in [1.29, 1.82) is 0 Å². The molecule has 2 aromatic carbocycles. The van der Waals surface area contributed by atoms with E-state index in [-0.39, 0.29) is 10.8 Å². The topological polar surface area (TPSA) is 18.5 Å². The highest BCUT2D eigenvalue weighted by Gasteiger charge is 2.47. The Balaban J connectivity index is 1.97. The zero-order chi connectivity index (χ0) is 22.6. The van der Waals surface area contributed by atoms with Gasteiger partial charge in [0.05, 0.1) is 13.2 Å². The summed E-state index contributed by atoms with van der Waals surface area (Å²) in [5.74, 6) is 0. The number of hydrogen-bond donors (Lipinski definition) is 0. The molecule has 0 heterocycles. The van der Waals surface area contributed by atoms with Crippen molar-refractivity contribution in [2.24, 2.45) is 10.8 Å².